The summed E-state index contributed by atoms with van der Waals surface area (Å²) >= 11 is 0. The van der Waals surface area contributed by atoms with Crippen LogP contribution in [0.25, 0.3) is 0 Å². The zero-order valence-corrected chi connectivity index (χ0v) is 14.4. The molecule has 1 saturated heterocycles. The smallest absolute Gasteiger partial charge is 0.349 e. The van der Waals surface area contributed by atoms with E-state index in [0.29, 0.717) is 24.8 Å². The molecule has 2 aromatic rings. The van der Waals surface area contributed by atoms with Crippen molar-refractivity contribution < 1.29 is 31.4 Å². The van der Waals surface area contributed by atoms with E-state index in [4.69, 9.17) is 9.47 Å². The van der Waals surface area contributed by atoms with Crippen molar-refractivity contribution in [2.75, 3.05) is 13.2 Å². The Balaban J connectivity index is 1.80. The molecule has 3 nitrogen and oxygen atoms in total. The van der Waals surface area contributed by atoms with Crippen molar-refractivity contribution in [2.24, 2.45) is 0 Å². The van der Waals surface area contributed by atoms with Gasteiger partial charge in [-0.15, -0.1) is 0 Å². The molecule has 0 aliphatic carbocycles. The number of nitrogens with one attached hydrogen (secondary N) is 1. The van der Waals surface area contributed by atoms with E-state index in [0.717, 1.165) is 12.1 Å². The molecule has 3 atom stereocenters. The summed E-state index contributed by atoms with van der Waals surface area (Å²) in [5, 5.41) is 3.18. The lowest BCUT2D eigenvalue weighted by atomic mass is 10.0. The highest BCUT2D eigenvalue weighted by Gasteiger charge is 2.33. The first kappa shape index (κ1) is 19.7. The minimum Gasteiger partial charge on any atom is -0.349 e. The van der Waals surface area contributed by atoms with Crippen molar-refractivity contribution in [3.05, 3.63) is 70.8 Å². The van der Waals surface area contributed by atoms with E-state index in [1.165, 1.54) is 19.1 Å². The fourth-order valence-electron chi connectivity index (χ4n) is 2.94. The highest BCUT2D eigenvalue weighted by Crippen LogP contribution is 2.34. The Morgan fingerprint density at radius 1 is 1.07 bits per heavy atom. The molecule has 0 aromatic heterocycles. The number of hydrogen-bond acceptors (Lipinski definition) is 3. The second-order valence-corrected chi connectivity index (χ2v) is 6.27. The predicted molar refractivity (Wildman–Crippen MR) is 87.8 cm³/mol. The number of ether oxygens (including phenoxy) is 2. The number of morpholine rings is 1. The summed E-state index contributed by atoms with van der Waals surface area (Å²) in [7, 11) is 0. The monoisotopic (exact) mass is 387 g/mol. The Bertz CT molecular complexity index is 779. The first-order valence-corrected chi connectivity index (χ1v) is 8.37. The molecule has 27 heavy (non-hydrogen) atoms. The van der Waals surface area contributed by atoms with Crippen LogP contribution in [0, 0.1) is 11.6 Å². The molecule has 0 spiro atoms. The van der Waals surface area contributed by atoms with Crippen molar-refractivity contribution >= 4 is 0 Å². The summed E-state index contributed by atoms with van der Waals surface area (Å²) in [6, 6.07) is 7.62. The maximum Gasteiger partial charge on any atom is 0.416 e. The van der Waals surface area contributed by atoms with Gasteiger partial charge in [-0.1, -0.05) is 12.1 Å². The molecule has 0 saturated carbocycles. The molecule has 3 rings (SSSR count). The number of halogens is 5. The van der Waals surface area contributed by atoms with Crippen molar-refractivity contribution in [1.29, 1.82) is 0 Å². The van der Waals surface area contributed by atoms with Crippen LogP contribution in [0.1, 0.15) is 35.8 Å². The van der Waals surface area contributed by atoms with Gasteiger partial charge in [0.2, 0.25) is 0 Å². The zero-order valence-electron chi connectivity index (χ0n) is 14.4. The summed E-state index contributed by atoms with van der Waals surface area (Å²) in [6.45, 7) is 2.40. The van der Waals surface area contributed by atoms with Gasteiger partial charge in [0.25, 0.3) is 0 Å². The van der Waals surface area contributed by atoms with Crippen LogP contribution in [-0.4, -0.2) is 19.4 Å². The highest BCUT2D eigenvalue weighted by atomic mass is 19.4. The molecular formula is C19H18F5NO2. The highest BCUT2D eigenvalue weighted by molar-refractivity contribution is 5.28. The van der Waals surface area contributed by atoms with E-state index < -0.39 is 36.0 Å². The van der Waals surface area contributed by atoms with Crippen molar-refractivity contribution in [3.8, 4) is 0 Å². The summed E-state index contributed by atoms with van der Waals surface area (Å²) in [6.07, 6.45) is -6.33. The molecule has 1 aliphatic rings. The van der Waals surface area contributed by atoms with Crippen LogP contribution >= 0.6 is 0 Å². The third-order valence-corrected chi connectivity index (χ3v) is 4.30. The maximum atomic E-state index is 13.6. The molecule has 0 unspecified atom stereocenters. The lowest BCUT2D eigenvalue weighted by molar-refractivity contribution is -0.200. The number of rotatable bonds is 4. The first-order chi connectivity index (χ1) is 12.7. The van der Waals surface area contributed by atoms with Crippen LogP contribution in [0.4, 0.5) is 22.0 Å². The van der Waals surface area contributed by atoms with E-state index in [9.17, 15) is 22.0 Å². The average molecular weight is 387 g/mol. The largest absolute Gasteiger partial charge is 0.416 e. The standard InChI is InChI=1S/C19H18F5NO2/c1-11(13-8-14(19(22,23)24)10-16(21)9-13)27-18-17(25-6-7-26-18)12-2-4-15(20)5-3-12/h2-5,8-11,17-18,25H,6-7H2,1H3/t11-,17+,18-/m1/s1. The van der Waals surface area contributed by atoms with E-state index in [2.05, 4.69) is 5.32 Å². The Hall–Kier alpha value is -2.03. The fraction of sp³-hybridized carbons (Fsp3) is 0.368. The van der Waals surface area contributed by atoms with Gasteiger partial charge in [-0.3, -0.25) is 0 Å². The van der Waals surface area contributed by atoms with Gasteiger partial charge in [0.05, 0.1) is 24.3 Å². The van der Waals surface area contributed by atoms with Crippen LogP contribution < -0.4 is 5.32 Å². The SMILES string of the molecule is C[C@@H](O[C@H]1OCCN[C@H]1c1ccc(F)cc1)c1cc(F)cc(C(F)(F)F)c1. The average Bonchev–Trinajstić information content (AvgIpc) is 2.62. The Morgan fingerprint density at radius 3 is 2.44 bits per heavy atom. The van der Waals surface area contributed by atoms with E-state index in [-0.39, 0.29) is 11.4 Å². The predicted octanol–water partition coefficient (Wildman–Crippen LogP) is 4.75. The first-order valence-electron chi connectivity index (χ1n) is 8.37. The molecule has 0 amide bonds. The van der Waals surface area contributed by atoms with E-state index >= 15 is 0 Å². The van der Waals surface area contributed by atoms with Crippen LogP contribution in [-0.2, 0) is 15.7 Å². The van der Waals surface area contributed by atoms with E-state index in [1.807, 2.05) is 0 Å². The summed E-state index contributed by atoms with van der Waals surface area (Å²) < 4.78 is 76.9. The third kappa shape index (κ3) is 4.82. The van der Waals surface area contributed by atoms with Gasteiger partial charge in [0.1, 0.15) is 11.6 Å². The van der Waals surface area contributed by atoms with Gasteiger partial charge in [-0.25, -0.2) is 8.78 Å². The zero-order chi connectivity index (χ0) is 19.6. The lowest BCUT2D eigenvalue weighted by Crippen LogP contribution is -2.43. The molecule has 146 valence electrons. The molecule has 2 aromatic carbocycles. The van der Waals surface area contributed by atoms with Gasteiger partial charge >= 0.3 is 6.18 Å². The topological polar surface area (TPSA) is 30.5 Å². The van der Waals surface area contributed by atoms with Crippen LogP contribution in [0.5, 0.6) is 0 Å². The van der Waals surface area contributed by atoms with Crippen molar-refractivity contribution in [1.82, 2.24) is 5.32 Å². The molecule has 1 aliphatic heterocycles. The molecule has 0 bridgehead atoms. The number of hydrogen-bond donors (Lipinski definition) is 1. The Kier molecular flexibility index (Phi) is 5.78. The summed E-state index contributed by atoms with van der Waals surface area (Å²) in [5.41, 5.74) is -0.316. The normalized spacial score (nSPS) is 21.9. The van der Waals surface area contributed by atoms with Crippen LogP contribution in [0.15, 0.2) is 42.5 Å². The lowest BCUT2D eigenvalue weighted by Gasteiger charge is -2.34. The van der Waals surface area contributed by atoms with Gasteiger partial charge in [-0.2, -0.15) is 13.2 Å². The molecule has 1 fully saturated rings. The maximum absolute atomic E-state index is 13.6. The molecule has 1 heterocycles. The van der Waals surface area contributed by atoms with Crippen LogP contribution in [0.3, 0.4) is 0 Å². The van der Waals surface area contributed by atoms with Gasteiger partial charge < -0.3 is 14.8 Å². The van der Waals surface area contributed by atoms with Crippen molar-refractivity contribution in [2.45, 2.75) is 31.5 Å². The van der Waals surface area contributed by atoms with Gasteiger partial charge in [-0.05, 0) is 48.4 Å². The number of alkyl halides is 3. The molecule has 8 heteroatoms. The Labute approximate surface area is 153 Å². The third-order valence-electron chi connectivity index (χ3n) is 4.30. The van der Waals surface area contributed by atoms with Crippen molar-refractivity contribution in [3.63, 3.8) is 0 Å². The van der Waals surface area contributed by atoms with Gasteiger partial charge in [0.15, 0.2) is 6.29 Å². The van der Waals surface area contributed by atoms with E-state index in [1.54, 1.807) is 12.1 Å². The quantitative estimate of drug-likeness (QED) is 0.769. The minimum absolute atomic E-state index is 0.0503. The molecule has 0 radical (unpaired) electrons. The Morgan fingerprint density at radius 2 is 1.78 bits per heavy atom. The second kappa shape index (κ2) is 7.92. The summed E-state index contributed by atoms with van der Waals surface area (Å²) in [4.78, 5) is 0. The fourth-order valence-corrected chi connectivity index (χ4v) is 2.94. The second-order valence-electron chi connectivity index (χ2n) is 6.27. The molecule has 1 N–H and O–H groups in total. The summed E-state index contributed by atoms with van der Waals surface area (Å²) in [5.74, 6) is -1.38. The van der Waals surface area contributed by atoms with Crippen LogP contribution in [0.2, 0.25) is 0 Å². The number of benzene rings is 2. The molecular weight excluding hydrogens is 369 g/mol. The van der Waals surface area contributed by atoms with Gasteiger partial charge in [0, 0.05) is 6.54 Å². The minimum atomic E-state index is -4.66.